The van der Waals surface area contributed by atoms with Gasteiger partial charge in [0.2, 0.25) is 0 Å². The summed E-state index contributed by atoms with van der Waals surface area (Å²) in [5.41, 5.74) is 1.18. The van der Waals surface area contributed by atoms with Gasteiger partial charge in [-0.05, 0) is 40.2 Å². The van der Waals surface area contributed by atoms with E-state index in [1.54, 1.807) is 23.7 Å². The van der Waals surface area contributed by atoms with Crippen LogP contribution < -0.4 is 0 Å². The van der Waals surface area contributed by atoms with Crippen LogP contribution in [0.3, 0.4) is 0 Å². The molecule has 1 aromatic carbocycles. The Kier molecular flexibility index (Phi) is 3.47. The van der Waals surface area contributed by atoms with E-state index in [1.165, 1.54) is 12.1 Å². The predicted molar refractivity (Wildman–Crippen MR) is 67.6 cm³/mol. The first-order chi connectivity index (χ1) is 8.49. The number of carboxylic acids is 1. The lowest BCUT2D eigenvalue weighted by molar-refractivity contribution is -0.136. The lowest BCUT2D eigenvalue weighted by Gasteiger charge is -2.01. The van der Waals surface area contributed by atoms with Gasteiger partial charge in [-0.15, -0.1) is 0 Å². The number of hydrogen-bond acceptors (Lipinski definition) is 2. The Morgan fingerprint density at radius 2 is 2.06 bits per heavy atom. The second-order valence-corrected chi connectivity index (χ2v) is 4.56. The summed E-state index contributed by atoms with van der Waals surface area (Å²) in [5, 5.41) is 8.78. The third-order valence-corrected chi connectivity index (χ3v) is 3.50. The van der Waals surface area contributed by atoms with E-state index in [0.717, 1.165) is 5.56 Å². The highest BCUT2D eigenvalue weighted by atomic mass is 79.9. The minimum absolute atomic E-state index is 0.157. The Balaban J connectivity index is 2.45. The molecule has 0 amide bonds. The Bertz CT molecular complexity index is 593. The number of carbonyl (C=O) groups is 1. The van der Waals surface area contributed by atoms with E-state index in [4.69, 9.17) is 5.11 Å². The summed E-state index contributed by atoms with van der Waals surface area (Å²) >= 11 is 3.30. The molecule has 2 rings (SSSR count). The molecule has 2 aromatic rings. The van der Waals surface area contributed by atoms with Gasteiger partial charge in [0, 0.05) is 12.6 Å². The maximum Gasteiger partial charge on any atom is 0.309 e. The van der Waals surface area contributed by atoms with Gasteiger partial charge in [0.15, 0.2) is 0 Å². The zero-order valence-corrected chi connectivity index (χ0v) is 11.1. The molecular weight excluding hydrogens is 303 g/mol. The highest BCUT2D eigenvalue weighted by molar-refractivity contribution is 9.10. The van der Waals surface area contributed by atoms with Crippen molar-refractivity contribution in [3.63, 3.8) is 0 Å². The summed E-state index contributed by atoms with van der Waals surface area (Å²) in [6.07, 6.45) is -0.157. The van der Waals surface area contributed by atoms with Gasteiger partial charge in [0.25, 0.3) is 0 Å². The largest absolute Gasteiger partial charge is 0.481 e. The molecule has 1 heterocycles. The van der Waals surface area contributed by atoms with Gasteiger partial charge >= 0.3 is 5.97 Å². The van der Waals surface area contributed by atoms with Crippen LogP contribution in [0.2, 0.25) is 0 Å². The fourth-order valence-corrected chi connectivity index (χ4v) is 2.05. The number of rotatable bonds is 3. The molecule has 1 aromatic heterocycles. The van der Waals surface area contributed by atoms with Crippen LogP contribution in [0.25, 0.3) is 11.4 Å². The number of hydrogen-bond donors (Lipinski definition) is 1. The molecule has 94 valence electrons. The quantitative estimate of drug-likeness (QED) is 0.948. The van der Waals surface area contributed by atoms with Gasteiger partial charge in [-0.3, -0.25) is 4.79 Å². The van der Waals surface area contributed by atoms with Crippen molar-refractivity contribution in [1.29, 1.82) is 0 Å². The Labute approximate surface area is 111 Å². The van der Waals surface area contributed by atoms with Gasteiger partial charge < -0.3 is 9.67 Å². The lowest BCUT2D eigenvalue weighted by atomic mass is 10.2. The molecule has 1 N–H and O–H groups in total. The van der Waals surface area contributed by atoms with Gasteiger partial charge in [0.1, 0.15) is 16.2 Å². The van der Waals surface area contributed by atoms with Gasteiger partial charge in [0.05, 0.1) is 12.1 Å². The minimum Gasteiger partial charge on any atom is -0.481 e. The van der Waals surface area contributed by atoms with Crippen molar-refractivity contribution in [2.45, 2.75) is 6.42 Å². The van der Waals surface area contributed by atoms with E-state index in [2.05, 4.69) is 20.9 Å². The van der Waals surface area contributed by atoms with Crippen LogP contribution in [-0.2, 0) is 18.3 Å². The number of aliphatic carboxylic acids is 1. The summed E-state index contributed by atoms with van der Waals surface area (Å²) in [7, 11) is 1.77. The fourth-order valence-electron chi connectivity index (χ4n) is 1.65. The fraction of sp³-hybridized carbons (Fsp3) is 0.167. The van der Waals surface area contributed by atoms with Crippen LogP contribution in [0.4, 0.5) is 4.39 Å². The monoisotopic (exact) mass is 312 g/mol. The van der Waals surface area contributed by atoms with E-state index in [0.29, 0.717) is 16.1 Å². The SMILES string of the molecule is Cn1c(-c2ccc(F)cc2)nc(CC(=O)O)c1Br. The number of benzene rings is 1. The summed E-state index contributed by atoms with van der Waals surface area (Å²) < 4.78 is 15.2. The lowest BCUT2D eigenvalue weighted by Crippen LogP contribution is -2.01. The molecule has 0 saturated heterocycles. The smallest absolute Gasteiger partial charge is 0.309 e. The first-order valence-electron chi connectivity index (χ1n) is 5.18. The predicted octanol–water partition coefficient (Wildman–Crippen LogP) is 2.62. The maximum absolute atomic E-state index is 12.8. The Hall–Kier alpha value is -1.69. The third-order valence-electron chi connectivity index (χ3n) is 2.51. The molecule has 0 bridgehead atoms. The van der Waals surface area contributed by atoms with Crippen LogP contribution in [0.5, 0.6) is 0 Å². The molecule has 0 radical (unpaired) electrons. The zero-order valence-electron chi connectivity index (χ0n) is 9.52. The molecule has 0 fully saturated rings. The Morgan fingerprint density at radius 1 is 1.44 bits per heavy atom. The van der Waals surface area contributed by atoms with Gasteiger partial charge in [-0.2, -0.15) is 0 Å². The average Bonchev–Trinajstić information content (AvgIpc) is 2.58. The normalized spacial score (nSPS) is 10.6. The van der Waals surface area contributed by atoms with Crippen molar-refractivity contribution < 1.29 is 14.3 Å². The number of aromatic nitrogens is 2. The van der Waals surface area contributed by atoms with Crippen molar-refractivity contribution in [2.24, 2.45) is 7.05 Å². The molecule has 4 nitrogen and oxygen atoms in total. The summed E-state index contributed by atoms with van der Waals surface area (Å²) in [4.78, 5) is 15.0. The first kappa shape index (κ1) is 12.8. The number of carboxylic acid groups (broad SMARTS) is 1. The molecule has 0 unspecified atom stereocenters. The summed E-state index contributed by atoms with van der Waals surface area (Å²) in [5.74, 6) is -0.671. The van der Waals surface area contributed by atoms with E-state index in [-0.39, 0.29) is 12.2 Å². The minimum atomic E-state index is -0.945. The molecule has 0 aliphatic carbocycles. The van der Waals surface area contributed by atoms with E-state index >= 15 is 0 Å². The van der Waals surface area contributed by atoms with Crippen LogP contribution in [0.15, 0.2) is 28.9 Å². The van der Waals surface area contributed by atoms with Crippen LogP contribution in [0, 0.1) is 5.82 Å². The zero-order chi connectivity index (χ0) is 13.3. The number of nitrogens with zero attached hydrogens (tertiary/aromatic N) is 2. The molecule has 0 spiro atoms. The molecule has 0 aliphatic rings. The van der Waals surface area contributed by atoms with Crippen molar-refractivity contribution >= 4 is 21.9 Å². The van der Waals surface area contributed by atoms with Crippen molar-refractivity contribution in [3.8, 4) is 11.4 Å². The second-order valence-electron chi connectivity index (χ2n) is 3.81. The molecule has 0 atom stereocenters. The second kappa shape index (κ2) is 4.89. The molecule has 0 aliphatic heterocycles. The third kappa shape index (κ3) is 2.43. The van der Waals surface area contributed by atoms with E-state index < -0.39 is 5.97 Å². The average molecular weight is 313 g/mol. The van der Waals surface area contributed by atoms with Crippen LogP contribution >= 0.6 is 15.9 Å². The van der Waals surface area contributed by atoms with Gasteiger partial charge in [-0.1, -0.05) is 0 Å². The molecular formula is C12H10BrFN2O2. The van der Waals surface area contributed by atoms with Gasteiger partial charge in [-0.25, -0.2) is 9.37 Å². The van der Waals surface area contributed by atoms with Crippen LogP contribution in [-0.4, -0.2) is 20.6 Å². The molecule has 6 heteroatoms. The highest BCUT2D eigenvalue weighted by Crippen LogP contribution is 2.25. The molecule has 18 heavy (non-hydrogen) atoms. The number of imidazole rings is 1. The highest BCUT2D eigenvalue weighted by Gasteiger charge is 2.16. The van der Waals surface area contributed by atoms with Crippen molar-refractivity contribution in [1.82, 2.24) is 9.55 Å². The van der Waals surface area contributed by atoms with E-state index in [1.807, 2.05) is 0 Å². The maximum atomic E-state index is 12.8. The standard InChI is InChI=1S/C12H10BrFN2O2/c1-16-11(13)9(6-10(17)18)15-12(16)7-2-4-8(14)5-3-7/h2-5H,6H2,1H3,(H,17,18). The van der Waals surface area contributed by atoms with Crippen LogP contribution in [0.1, 0.15) is 5.69 Å². The van der Waals surface area contributed by atoms with E-state index in [9.17, 15) is 9.18 Å². The van der Waals surface area contributed by atoms with Crippen molar-refractivity contribution in [2.75, 3.05) is 0 Å². The Morgan fingerprint density at radius 3 is 2.61 bits per heavy atom. The topological polar surface area (TPSA) is 55.1 Å². The summed E-state index contributed by atoms with van der Waals surface area (Å²) in [6.45, 7) is 0. The molecule has 0 saturated carbocycles. The first-order valence-corrected chi connectivity index (χ1v) is 5.97. The van der Waals surface area contributed by atoms with Crippen molar-refractivity contribution in [3.05, 3.63) is 40.4 Å². The number of halogens is 2. The summed E-state index contributed by atoms with van der Waals surface area (Å²) in [6, 6.07) is 5.90.